The smallest absolute Gasteiger partial charge is 0.230 e. The molecule has 0 aliphatic carbocycles. The molecule has 1 fully saturated rings. The lowest BCUT2D eigenvalue weighted by atomic mass is 10.2. The monoisotopic (exact) mass is 211 g/mol. The van der Waals surface area contributed by atoms with E-state index < -0.39 is 0 Å². The summed E-state index contributed by atoms with van der Waals surface area (Å²) < 4.78 is 1.83. The number of carbonyl (C=O) groups excluding carboxylic acids is 1. The van der Waals surface area contributed by atoms with Gasteiger partial charge in [-0.1, -0.05) is 0 Å². The summed E-state index contributed by atoms with van der Waals surface area (Å²) >= 11 is 0. The van der Waals surface area contributed by atoms with Crippen molar-refractivity contribution in [3.05, 3.63) is 12.7 Å². The second kappa shape index (κ2) is 4.85. The number of hydrogen-bond acceptors (Lipinski definition) is 5. The molecule has 2 N–H and O–H groups in total. The zero-order chi connectivity index (χ0) is 10.5. The van der Waals surface area contributed by atoms with Gasteiger partial charge in [-0.15, -0.1) is 0 Å². The van der Waals surface area contributed by atoms with Crippen LogP contribution in [0.25, 0.3) is 0 Å². The molecular weight excluding hydrogens is 198 g/mol. The fourth-order valence-electron chi connectivity index (χ4n) is 1.71. The summed E-state index contributed by atoms with van der Waals surface area (Å²) in [6, 6.07) is 0.559. The minimum absolute atomic E-state index is 0.242. The first-order valence-corrected chi connectivity index (χ1v) is 4.78. The highest BCUT2D eigenvalue weighted by atomic mass is 16.6. The Morgan fingerprint density at radius 1 is 1.73 bits per heavy atom. The molecule has 82 valence electrons. The summed E-state index contributed by atoms with van der Waals surface area (Å²) in [6.45, 7) is 1.31. The van der Waals surface area contributed by atoms with Crippen LogP contribution in [-0.2, 0) is 9.63 Å². The minimum Gasteiger partial charge on any atom is -0.309 e. The molecule has 0 aromatic carbocycles. The summed E-state index contributed by atoms with van der Waals surface area (Å²) in [7, 11) is 0. The first-order chi connectivity index (χ1) is 7.40. The molecule has 15 heavy (non-hydrogen) atoms. The van der Waals surface area contributed by atoms with E-state index in [9.17, 15) is 4.79 Å². The molecule has 0 bridgehead atoms. The summed E-state index contributed by atoms with van der Waals surface area (Å²) in [5, 5.41) is 7.37. The molecule has 2 rings (SSSR count). The van der Waals surface area contributed by atoms with Crippen LogP contribution in [0.15, 0.2) is 12.7 Å². The Labute approximate surface area is 86.8 Å². The normalized spacial score (nSPS) is 25.3. The first-order valence-electron chi connectivity index (χ1n) is 4.78. The molecule has 1 aliphatic rings. The molecule has 7 heteroatoms. The van der Waals surface area contributed by atoms with E-state index in [2.05, 4.69) is 20.9 Å². The van der Waals surface area contributed by atoms with Crippen LogP contribution in [0, 0.1) is 0 Å². The zero-order valence-electron chi connectivity index (χ0n) is 8.17. The average Bonchev–Trinajstić information content (AvgIpc) is 2.87. The standard InChI is InChI=1S/C8H13N5O2/c14-6-12-15-3-7-1-8(2-10-7)13-5-9-4-11-13/h4-8,10H,1-3H2,(H,12,14)/t7-,8+/m1/s1. The van der Waals surface area contributed by atoms with E-state index in [1.165, 1.54) is 6.33 Å². The van der Waals surface area contributed by atoms with Gasteiger partial charge in [0, 0.05) is 12.6 Å². The number of hydrogen-bond donors (Lipinski definition) is 2. The molecule has 0 spiro atoms. The summed E-state index contributed by atoms with van der Waals surface area (Å²) in [5.74, 6) is 0. The number of amides is 1. The van der Waals surface area contributed by atoms with Crippen molar-refractivity contribution < 1.29 is 9.63 Å². The van der Waals surface area contributed by atoms with Crippen LogP contribution >= 0.6 is 0 Å². The van der Waals surface area contributed by atoms with E-state index >= 15 is 0 Å². The summed E-state index contributed by atoms with van der Waals surface area (Å²) in [4.78, 5) is 18.8. The van der Waals surface area contributed by atoms with Crippen LogP contribution in [0.5, 0.6) is 0 Å². The van der Waals surface area contributed by atoms with E-state index in [0.29, 0.717) is 19.1 Å². The van der Waals surface area contributed by atoms with Crippen LogP contribution in [0.4, 0.5) is 0 Å². The van der Waals surface area contributed by atoms with Gasteiger partial charge in [0.15, 0.2) is 0 Å². The lowest BCUT2D eigenvalue weighted by molar-refractivity contribution is -0.121. The Morgan fingerprint density at radius 2 is 2.67 bits per heavy atom. The third kappa shape index (κ3) is 2.51. The van der Waals surface area contributed by atoms with Gasteiger partial charge < -0.3 is 5.32 Å². The molecule has 1 saturated heterocycles. The molecule has 2 atom stereocenters. The van der Waals surface area contributed by atoms with Crippen LogP contribution in [0.3, 0.4) is 0 Å². The van der Waals surface area contributed by atoms with Crippen LogP contribution in [0.2, 0.25) is 0 Å². The number of nitrogens with zero attached hydrogens (tertiary/aromatic N) is 3. The first kappa shape index (κ1) is 10.1. The van der Waals surface area contributed by atoms with Gasteiger partial charge in [0.1, 0.15) is 12.7 Å². The van der Waals surface area contributed by atoms with Gasteiger partial charge in [-0.05, 0) is 6.42 Å². The molecule has 0 unspecified atom stereocenters. The maximum absolute atomic E-state index is 9.95. The number of aromatic nitrogens is 3. The molecule has 7 nitrogen and oxygen atoms in total. The second-order valence-corrected chi connectivity index (χ2v) is 3.42. The largest absolute Gasteiger partial charge is 0.309 e. The summed E-state index contributed by atoms with van der Waals surface area (Å²) in [5.41, 5.74) is 2.17. The molecule has 0 radical (unpaired) electrons. The van der Waals surface area contributed by atoms with E-state index in [1.807, 2.05) is 4.68 Å². The minimum atomic E-state index is 0.242. The van der Waals surface area contributed by atoms with E-state index in [-0.39, 0.29) is 6.04 Å². The highest BCUT2D eigenvalue weighted by molar-refractivity contribution is 5.43. The van der Waals surface area contributed by atoms with Crippen molar-refractivity contribution in [1.29, 1.82) is 0 Å². The molecule has 0 saturated carbocycles. The van der Waals surface area contributed by atoms with Gasteiger partial charge in [0.2, 0.25) is 6.41 Å². The lowest BCUT2D eigenvalue weighted by Crippen LogP contribution is -2.29. The van der Waals surface area contributed by atoms with Crippen molar-refractivity contribution in [2.75, 3.05) is 13.2 Å². The quantitative estimate of drug-likeness (QED) is 0.365. The predicted molar refractivity (Wildman–Crippen MR) is 50.6 cm³/mol. The molecule has 1 aromatic rings. The number of rotatable bonds is 5. The van der Waals surface area contributed by atoms with Crippen molar-refractivity contribution in [1.82, 2.24) is 25.6 Å². The van der Waals surface area contributed by atoms with Crippen molar-refractivity contribution in [3.8, 4) is 0 Å². The molecule has 2 heterocycles. The molecule has 1 aromatic heterocycles. The SMILES string of the molecule is O=CNOC[C@H]1C[C@H](n2cncn2)CN1. The Kier molecular flexibility index (Phi) is 3.25. The fourth-order valence-corrected chi connectivity index (χ4v) is 1.71. The van der Waals surface area contributed by atoms with Gasteiger partial charge in [0.25, 0.3) is 0 Å². The Bertz CT molecular complexity index is 302. The average molecular weight is 211 g/mol. The van der Waals surface area contributed by atoms with E-state index in [1.54, 1.807) is 6.33 Å². The molecular formula is C8H13N5O2. The van der Waals surface area contributed by atoms with Crippen molar-refractivity contribution in [3.63, 3.8) is 0 Å². The maximum Gasteiger partial charge on any atom is 0.230 e. The highest BCUT2D eigenvalue weighted by Crippen LogP contribution is 2.17. The van der Waals surface area contributed by atoms with Crippen molar-refractivity contribution >= 4 is 6.41 Å². The topological polar surface area (TPSA) is 81.1 Å². The zero-order valence-corrected chi connectivity index (χ0v) is 8.17. The van der Waals surface area contributed by atoms with Crippen molar-refractivity contribution in [2.45, 2.75) is 18.5 Å². The van der Waals surface area contributed by atoms with E-state index in [0.717, 1.165) is 13.0 Å². The van der Waals surface area contributed by atoms with Gasteiger partial charge in [0.05, 0.1) is 12.6 Å². The molecule has 1 amide bonds. The highest BCUT2D eigenvalue weighted by Gasteiger charge is 2.25. The lowest BCUT2D eigenvalue weighted by Gasteiger charge is -2.09. The summed E-state index contributed by atoms with van der Waals surface area (Å²) in [6.07, 6.45) is 4.67. The third-order valence-corrected chi connectivity index (χ3v) is 2.43. The van der Waals surface area contributed by atoms with Crippen LogP contribution in [0.1, 0.15) is 12.5 Å². The van der Waals surface area contributed by atoms with Gasteiger partial charge in [-0.25, -0.2) is 15.1 Å². The third-order valence-electron chi connectivity index (χ3n) is 2.43. The Balaban J connectivity index is 1.77. The van der Waals surface area contributed by atoms with E-state index in [4.69, 9.17) is 4.84 Å². The second-order valence-electron chi connectivity index (χ2n) is 3.42. The number of carbonyl (C=O) groups is 1. The Morgan fingerprint density at radius 3 is 3.40 bits per heavy atom. The fraction of sp³-hybridized carbons (Fsp3) is 0.625. The van der Waals surface area contributed by atoms with Gasteiger partial charge >= 0.3 is 0 Å². The van der Waals surface area contributed by atoms with Crippen LogP contribution < -0.4 is 10.8 Å². The van der Waals surface area contributed by atoms with Gasteiger partial charge in [-0.2, -0.15) is 5.10 Å². The van der Waals surface area contributed by atoms with Crippen molar-refractivity contribution in [2.24, 2.45) is 0 Å². The maximum atomic E-state index is 9.95. The number of hydroxylamine groups is 1. The molecule has 1 aliphatic heterocycles. The predicted octanol–water partition coefficient (Wildman–Crippen LogP) is -1.14. The van der Waals surface area contributed by atoms with Gasteiger partial charge in [-0.3, -0.25) is 9.63 Å². The van der Waals surface area contributed by atoms with Crippen LogP contribution in [-0.4, -0.2) is 40.4 Å². The Hall–Kier alpha value is -1.47. The number of nitrogens with one attached hydrogen (secondary N) is 2.